The van der Waals surface area contributed by atoms with Gasteiger partial charge in [-0.05, 0) is 24.3 Å². The van der Waals surface area contributed by atoms with Gasteiger partial charge in [-0.25, -0.2) is 0 Å². The molecule has 0 bridgehead atoms. The summed E-state index contributed by atoms with van der Waals surface area (Å²) in [6, 6.07) is 4.79. The number of rotatable bonds is 3. The van der Waals surface area contributed by atoms with E-state index in [9.17, 15) is 10.1 Å². The summed E-state index contributed by atoms with van der Waals surface area (Å²) in [6.07, 6.45) is 1.19. The summed E-state index contributed by atoms with van der Waals surface area (Å²) >= 11 is 0. The first-order valence-electron chi connectivity index (χ1n) is 7.27. The van der Waals surface area contributed by atoms with Gasteiger partial charge in [0.2, 0.25) is 0 Å². The second-order valence-corrected chi connectivity index (χ2v) is 6.01. The van der Waals surface area contributed by atoms with Gasteiger partial charge in [-0.2, -0.15) is 5.21 Å². The first-order chi connectivity index (χ1) is 10.5. The van der Waals surface area contributed by atoms with Crippen molar-refractivity contribution in [2.45, 2.75) is 20.3 Å². The largest absolute Gasteiger partial charge is 0.370 e. The van der Waals surface area contributed by atoms with Crippen LogP contribution in [0.25, 0.3) is 11.4 Å². The number of hydrogen-bond donors (Lipinski definition) is 0. The lowest BCUT2D eigenvalue weighted by atomic mass is 9.91. The van der Waals surface area contributed by atoms with E-state index in [2.05, 4.69) is 39.4 Å². The lowest BCUT2D eigenvalue weighted by Gasteiger charge is -2.37. The minimum Gasteiger partial charge on any atom is -0.370 e. The van der Waals surface area contributed by atoms with Gasteiger partial charge in [-0.3, -0.25) is 20.4 Å². The molecule has 1 saturated heterocycles. The Labute approximate surface area is 127 Å². The number of nitro groups is 1. The van der Waals surface area contributed by atoms with Gasteiger partial charge in [0.05, 0.1) is 4.92 Å². The van der Waals surface area contributed by atoms with Gasteiger partial charge in [-0.1, -0.05) is 13.8 Å². The summed E-state index contributed by atoms with van der Waals surface area (Å²) < 4.78 is 0. The van der Waals surface area contributed by atoms with Gasteiger partial charge in [0, 0.05) is 42.3 Å². The van der Waals surface area contributed by atoms with Crippen molar-refractivity contribution in [2.75, 3.05) is 18.0 Å². The van der Waals surface area contributed by atoms with Crippen molar-refractivity contribution in [2.24, 2.45) is 11.8 Å². The Morgan fingerprint density at radius 3 is 2.64 bits per heavy atom. The first kappa shape index (κ1) is 14.4. The monoisotopic (exact) mass is 301 g/mol. The first-order valence-corrected chi connectivity index (χ1v) is 7.27. The van der Waals surface area contributed by atoms with Crippen molar-refractivity contribution in [3.63, 3.8) is 0 Å². The van der Waals surface area contributed by atoms with E-state index < -0.39 is 4.92 Å². The maximum Gasteiger partial charge on any atom is 0.270 e. The summed E-state index contributed by atoms with van der Waals surface area (Å²) in [6.45, 7) is 6.26. The number of tetrazole rings is 1. The molecule has 116 valence electrons. The van der Waals surface area contributed by atoms with E-state index in [1.165, 1.54) is 18.6 Å². The Hall–Kier alpha value is -2.51. The highest BCUT2D eigenvalue weighted by Crippen LogP contribution is 2.35. The third-order valence-corrected chi connectivity index (χ3v) is 3.96. The molecule has 0 aliphatic carbocycles. The van der Waals surface area contributed by atoms with Crippen LogP contribution in [0.4, 0.5) is 11.4 Å². The molecule has 0 spiro atoms. The van der Waals surface area contributed by atoms with Crippen molar-refractivity contribution in [3.05, 3.63) is 28.3 Å². The van der Waals surface area contributed by atoms with Crippen molar-refractivity contribution < 1.29 is 4.92 Å². The highest BCUT2D eigenvalue weighted by Gasteiger charge is 2.24. The van der Waals surface area contributed by atoms with Crippen LogP contribution in [0.5, 0.6) is 0 Å². The molecule has 1 aromatic heterocycles. The minimum atomic E-state index is -0.418. The predicted octanol–water partition coefficient (Wildman–Crippen LogP) is 1.89. The molecule has 0 amide bonds. The van der Waals surface area contributed by atoms with Crippen LogP contribution < -0.4 is 10.00 Å². The molecule has 1 fully saturated rings. The molecule has 1 aromatic carbocycles. The Balaban J connectivity index is 2.05. The van der Waals surface area contributed by atoms with E-state index in [0.717, 1.165) is 18.8 Å². The molecule has 0 saturated carbocycles. The Kier molecular flexibility index (Phi) is 3.74. The highest BCUT2D eigenvalue weighted by atomic mass is 16.6. The Morgan fingerprint density at radius 2 is 2.05 bits per heavy atom. The van der Waals surface area contributed by atoms with Crippen LogP contribution >= 0.6 is 0 Å². The van der Waals surface area contributed by atoms with Crippen molar-refractivity contribution in [1.29, 1.82) is 0 Å². The topological polar surface area (TPSA) is 99.2 Å². The van der Waals surface area contributed by atoms with Gasteiger partial charge >= 0.3 is 0 Å². The fourth-order valence-corrected chi connectivity index (χ4v) is 3.20. The summed E-state index contributed by atoms with van der Waals surface area (Å²) in [7, 11) is 0. The van der Waals surface area contributed by atoms with Gasteiger partial charge in [0.1, 0.15) is 0 Å². The number of non-ortho nitro benzene ring substituents is 1. The SMILES string of the molecule is C[C@@H]1C[C@@H](C)CN(c2ccc([N+](=O)[O-])cc2-c2nnn[n-]2)C1. The zero-order valence-electron chi connectivity index (χ0n) is 12.5. The molecule has 3 rings (SSSR count). The van der Waals surface area contributed by atoms with Crippen LogP contribution in [0.3, 0.4) is 0 Å². The molecule has 2 heterocycles. The molecular weight excluding hydrogens is 284 g/mol. The van der Waals surface area contributed by atoms with E-state index in [1.54, 1.807) is 6.07 Å². The number of hydrogen-bond acceptors (Lipinski definition) is 6. The lowest BCUT2D eigenvalue weighted by molar-refractivity contribution is -0.384. The zero-order chi connectivity index (χ0) is 15.7. The maximum absolute atomic E-state index is 11.0. The van der Waals surface area contributed by atoms with E-state index >= 15 is 0 Å². The molecule has 8 nitrogen and oxygen atoms in total. The van der Waals surface area contributed by atoms with Crippen molar-refractivity contribution in [1.82, 2.24) is 20.6 Å². The van der Waals surface area contributed by atoms with Gasteiger partial charge in [0.15, 0.2) is 0 Å². The van der Waals surface area contributed by atoms with Crippen LogP contribution in [-0.2, 0) is 0 Å². The molecule has 8 heteroatoms. The molecule has 2 atom stereocenters. The fourth-order valence-electron chi connectivity index (χ4n) is 3.20. The summed E-state index contributed by atoms with van der Waals surface area (Å²) in [5.74, 6) is 1.47. The second-order valence-electron chi connectivity index (χ2n) is 6.01. The Morgan fingerprint density at radius 1 is 1.32 bits per heavy atom. The maximum atomic E-state index is 11.0. The number of piperidine rings is 1. The average molecular weight is 301 g/mol. The molecule has 1 aliphatic heterocycles. The van der Waals surface area contributed by atoms with Crippen LogP contribution in [0.1, 0.15) is 20.3 Å². The smallest absolute Gasteiger partial charge is 0.270 e. The number of benzene rings is 1. The molecule has 1 aliphatic rings. The normalized spacial score (nSPS) is 21.8. The van der Waals surface area contributed by atoms with Crippen LogP contribution in [0, 0.1) is 22.0 Å². The average Bonchev–Trinajstić information content (AvgIpc) is 2.99. The fraction of sp³-hybridized carbons (Fsp3) is 0.500. The van der Waals surface area contributed by atoms with Crippen molar-refractivity contribution in [3.8, 4) is 11.4 Å². The predicted molar refractivity (Wildman–Crippen MR) is 80.4 cm³/mol. The summed E-state index contributed by atoms with van der Waals surface area (Å²) in [4.78, 5) is 12.9. The lowest BCUT2D eigenvalue weighted by Crippen LogP contribution is -2.39. The van der Waals surface area contributed by atoms with Gasteiger partial charge < -0.3 is 10.00 Å². The molecular formula is C14H17N6O2-. The third kappa shape index (κ3) is 2.76. The molecule has 2 aromatic rings. The van der Waals surface area contributed by atoms with E-state index in [-0.39, 0.29) is 5.69 Å². The van der Waals surface area contributed by atoms with E-state index in [4.69, 9.17) is 0 Å². The van der Waals surface area contributed by atoms with Crippen LogP contribution in [0.2, 0.25) is 0 Å². The standard InChI is InChI=1S/C14H17N6O2/c1-9-5-10(2)8-19(7-9)13-4-3-11(20(21)22)6-12(13)14-15-17-18-16-14/h3-4,6,9-10H,5,7-8H2,1-2H3/q-1/t9-,10-/m1/s1. The molecule has 0 N–H and O–H groups in total. The number of anilines is 1. The van der Waals surface area contributed by atoms with Crippen molar-refractivity contribution >= 4 is 11.4 Å². The molecule has 22 heavy (non-hydrogen) atoms. The summed E-state index contributed by atoms with van der Waals surface area (Å²) in [5.41, 5.74) is 1.53. The third-order valence-electron chi connectivity index (χ3n) is 3.96. The van der Waals surface area contributed by atoms with Gasteiger partial charge in [-0.15, -0.1) is 0 Å². The highest BCUT2D eigenvalue weighted by molar-refractivity contribution is 5.76. The number of nitro benzene ring substituents is 1. The molecule has 0 radical (unpaired) electrons. The van der Waals surface area contributed by atoms with Gasteiger partial charge in [0.25, 0.3) is 5.69 Å². The molecule has 0 unspecified atom stereocenters. The van der Waals surface area contributed by atoms with E-state index in [0.29, 0.717) is 23.2 Å². The van der Waals surface area contributed by atoms with Crippen LogP contribution in [0.15, 0.2) is 18.2 Å². The summed E-state index contributed by atoms with van der Waals surface area (Å²) in [5, 5.41) is 25.7. The Bertz CT molecular complexity index is 662. The second kappa shape index (κ2) is 5.70. The quantitative estimate of drug-likeness (QED) is 0.630. The number of aromatic nitrogens is 4. The zero-order valence-corrected chi connectivity index (χ0v) is 12.5. The van der Waals surface area contributed by atoms with E-state index in [1.807, 2.05) is 0 Å². The number of nitrogens with zero attached hydrogens (tertiary/aromatic N) is 6. The van der Waals surface area contributed by atoms with Crippen LogP contribution in [-0.4, -0.2) is 33.5 Å². The minimum absolute atomic E-state index is 0.0154.